The second-order valence-electron chi connectivity index (χ2n) is 3.58. The molecule has 94 valence electrons. The van der Waals surface area contributed by atoms with Crippen LogP contribution >= 0.6 is 15.9 Å². The maximum atomic E-state index is 11.8. The number of furan rings is 1. The number of hydrogen-bond acceptors (Lipinski definition) is 4. The third-order valence-corrected chi connectivity index (χ3v) is 2.96. The molecule has 0 fully saturated rings. The van der Waals surface area contributed by atoms with Gasteiger partial charge in [-0.05, 0) is 40.2 Å². The summed E-state index contributed by atoms with van der Waals surface area (Å²) in [5, 5.41) is 12.3. The monoisotopic (exact) mass is 310 g/mol. The van der Waals surface area contributed by atoms with Gasteiger partial charge < -0.3 is 14.8 Å². The van der Waals surface area contributed by atoms with Crippen LogP contribution in [0.15, 0.2) is 45.7 Å². The minimum absolute atomic E-state index is 0.0771. The average molecular weight is 311 g/mol. The highest BCUT2D eigenvalue weighted by atomic mass is 79.9. The third kappa shape index (κ3) is 2.96. The first-order valence-corrected chi connectivity index (χ1v) is 6.08. The number of pyridine rings is 1. The number of nitrogens with one attached hydrogen (secondary N) is 1. The van der Waals surface area contributed by atoms with Gasteiger partial charge in [-0.1, -0.05) is 0 Å². The lowest BCUT2D eigenvalue weighted by molar-refractivity contribution is 0.0900. The molecule has 0 aliphatic heterocycles. The molecule has 1 atom stereocenters. The van der Waals surface area contributed by atoms with Crippen molar-refractivity contribution in [2.75, 3.05) is 6.54 Å². The van der Waals surface area contributed by atoms with E-state index in [1.54, 1.807) is 30.5 Å². The predicted octanol–water partition coefficient (Wildman–Crippen LogP) is 1.90. The van der Waals surface area contributed by atoms with Gasteiger partial charge >= 0.3 is 0 Å². The Morgan fingerprint density at radius 2 is 2.33 bits per heavy atom. The van der Waals surface area contributed by atoms with Crippen LogP contribution < -0.4 is 5.32 Å². The summed E-state index contributed by atoms with van der Waals surface area (Å²) < 4.78 is 5.50. The van der Waals surface area contributed by atoms with Gasteiger partial charge in [-0.3, -0.25) is 4.79 Å². The standard InChI is InChI=1S/C12H11BrN2O3/c13-11-8(3-1-5-14-11)12(17)15-7-9(16)10-4-2-6-18-10/h1-6,9,16H,7H2,(H,15,17). The van der Waals surface area contributed by atoms with Crippen molar-refractivity contribution in [1.82, 2.24) is 10.3 Å². The maximum Gasteiger partial charge on any atom is 0.254 e. The summed E-state index contributed by atoms with van der Waals surface area (Å²) >= 11 is 3.19. The van der Waals surface area contributed by atoms with E-state index in [2.05, 4.69) is 26.2 Å². The fourth-order valence-electron chi connectivity index (χ4n) is 1.42. The van der Waals surface area contributed by atoms with E-state index in [-0.39, 0.29) is 12.5 Å². The van der Waals surface area contributed by atoms with Gasteiger partial charge in [0.25, 0.3) is 5.91 Å². The quantitative estimate of drug-likeness (QED) is 0.846. The number of rotatable bonds is 4. The summed E-state index contributed by atoms with van der Waals surface area (Å²) in [6.07, 6.45) is 2.19. The van der Waals surface area contributed by atoms with Crippen LogP contribution in [0.4, 0.5) is 0 Å². The highest BCUT2D eigenvalue weighted by Gasteiger charge is 2.14. The molecule has 2 aromatic heterocycles. The van der Waals surface area contributed by atoms with Gasteiger partial charge in [0.05, 0.1) is 18.4 Å². The zero-order chi connectivity index (χ0) is 13.0. The number of hydrogen-bond donors (Lipinski definition) is 2. The topological polar surface area (TPSA) is 75.4 Å². The van der Waals surface area contributed by atoms with Gasteiger partial charge in [-0.15, -0.1) is 0 Å². The first kappa shape index (κ1) is 12.8. The zero-order valence-corrected chi connectivity index (χ0v) is 10.9. The van der Waals surface area contributed by atoms with E-state index >= 15 is 0 Å². The first-order chi connectivity index (χ1) is 8.68. The third-order valence-electron chi connectivity index (χ3n) is 2.33. The van der Waals surface area contributed by atoms with E-state index in [0.717, 1.165) is 0 Å². The maximum absolute atomic E-state index is 11.8. The normalized spacial score (nSPS) is 12.1. The largest absolute Gasteiger partial charge is 0.467 e. The van der Waals surface area contributed by atoms with Crippen LogP contribution in [0.25, 0.3) is 0 Å². The molecule has 2 heterocycles. The lowest BCUT2D eigenvalue weighted by atomic mass is 10.2. The molecular weight excluding hydrogens is 300 g/mol. The Balaban J connectivity index is 1.95. The van der Waals surface area contributed by atoms with Crippen molar-refractivity contribution in [3.63, 3.8) is 0 Å². The number of carbonyl (C=O) groups is 1. The highest BCUT2D eigenvalue weighted by Crippen LogP contribution is 2.14. The van der Waals surface area contributed by atoms with Gasteiger partial charge in [0.15, 0.2) is 0 Å². The number of halogens is 1. The first-order valence-electron chi connectivity index (χ1n) is 5.28. The fourth-order valence-corrected chi connectivity index (χ4v) is 1.85. The molecule has 2 aromatic rings. The molecule has 0 radical (unpaired) electrons. The Labute approximate surface area is 112 Å². The molecule has 2 rings (SSSR count). The van der Waals surface area contributed by atoms with Gasteiger partial charge in [0, 0.05) is 6.20 Å². The molecule has 18 heavy (non-hydrogen) atoms. The number of aliphatic hydroxyl groups is 1. The number of nitrogens with zero attached hydrogens (tertiary/aromatic N) is 1. The summed E-state index contributed by atoms with van der Waals surface area (Å²) in [5.41, 5.74) is 0.421. The predicted molar refractivity (Wildman–Crippen MR) is 67.9 cm³/mol. The molecule has 1 unspecified atom stereocenters. The summed E-state index contributed by atoms with van der Waals surface area (Å²) in [5.74, 6) is 0.112. The summed E-state index contributed by atoms with van der Waals surface area (Å²) in [4.78, 5) is 15.8. The van der Waals surface area contributed by atoms with Crippen molar-refractivity contribution in [3.05, 3.63) is 52.7 Å². The van der Waals surface area contributed by atoms with Crippen LogP contribution in [0.3, 0.4) is 0 Å². The zero-order valence-electron chi connectivity index (χ0n) is 9.34. The van der Waals surface area contributed by atoms with Crippen LogP contribution in [0.2, 0.25) is 0 Å². The molecule has 2 N–H and O–H groups in total. The number of amides is 1. The molecule has 5 nitrogen and oxygen atoms in total. The minimum Gasteiger partial charge on any atom is -0.467 e. The van der Waals surface area contributed by atoms with Crippen molar-refractivity contribution in [2.24, 2.45) is 0 Å². The second kappa shape index (κ2) is 5.79. The Morgan fingerprint density at radius 1 is 1.50 bits per heavy atom. The van der Waals surface area contributed by atoms with Crippen LogP contribution in [0, 0.1) is 0 Å². The fraction of sp³-hybridized carbons (Fsp3) is 0.167. The van der Waals surface area contributed by atoms with Crippen molar-refractivity contribution >= 4 is 21.8 Å². The molecule has 0 bridgehead atoms. The SMILES string of the molecule is O=C(NCC(O)c1ccco1)c1cccnc1Br. The summed E-state index contributed by atoms with van der Waals surface area (Å²) in [7, 11) is 0. The Hall–Kier alpha value is -1.66. The van der Waals surface area contributed by atoms with Crippen molar-refractivity contribution in [3.8, 4) is 0 Å². The van der Waals surface area contributed by atoms with E-state index in [4.69, 9.17) is 4.42 Å². The van der Waals surface area contributed by atoms with Gasteiger partial charge in [0.2, 0.25) is 0 Å². The molecule has 0 aliphatic carbocycles. The highest BCUT2D eigenvalue weighted by molar-refractivity contribution is 9.10. The van der Waals surface area contributed by atoms with E-state index in [1.807, 2.05) is 0 Å². The number of carbonyl (C=O) groups excluding carboxylic acids is 1. The van der Waals surface area contributed by atoms with E-state index in [1.165, 1.54) is 6.26 Å². The Kier molecular flexibility index (Phi) is 4.11. The number of aromatic nitrogens is 1. The molecule has 0 saturated heterocycles. The minimum atomic E-state index is -0.862. The number of aliphatic hydroxyl groups excluding tert-OH is 1. The Bertz CT molecular complexity index is 528. The molecular formula is C12H11BrN2O3. The van der Waals surface area contributed by atoms with Crippen molar-refractivity contribution in [1.29, 1.82) is 0 Å². The van der Waals surface area contributed by atoms with Crippen LogP contribution in [0.1, 0.15) is 22.2 Å². The molecule has 0 saturated carbocycles. The molecule has 1 amide bonds. The molecule has 0 aromatic carbocycles. The molecule has 0 aliphatic rings. The van der Waals surface area contributed by atoms with Gasteiger partial charge in [-0.25, -0.2) is 4.98 Å². The van der Waals surface area contributed by atoms with Gasteiger partial charge in [0.1, 0.15) is 16.5 Å². The van der Waals surface area contributed by atoms with Crippen LogP contribution in [-0.2, 0) is 0 Å². The van der Waals surface area contributed by atoms with Crippen molar-refractivity contribution < 1.29 is 14.3 Å². The summed E-state index contributed by atoms with van der Waals surface area (Å²) in [6.45, 7) is 0.0771. The molecule has 6 heteroatoms. The van der Waals surface area contributed by atoms with Crippen LogP contribution in [-0.4, -0.2) is 22.5 Å². The van der Waals surface area contributed by atoms with E-state index < -0.39 is 6.10 Å². The lowest BCUT2D eigenvalue weighted by Crippen LogP contribution is -2.28. The molecule has 0 spiro atoms. The summed E-state index contributed by atoms with van der Waals surface area (Å²) in [6, 6.07) is 6.64. The average Bonchev–Trinajstić information content (AvgIpc) is 2.90. The van der Waals surface area contributed by atoms with Gasteiger partial charge in [-0.2, -0.15) is 0 Å². The smallest absolute Gasteiger partial charge is 0.254 e. The van der Waals surface area contributed by atoms with E-state index in [0.29, 0.717) is 15.9 Å². The lowest BCUT2D eigenvalue weighted by Gasteiger charge is -2.10. The van der Waals surface area contributed by atoms with Crippen LogP contribution in [0.5, 0.6) is 0 Å². The van der Waals surface area contributed by atoms with Crippen molar-refractivity contribution in [2.45, 2.75) is 6.10 Å². The second-order valence-corrected chi connectivity index (χ2v) is 4.33. The van der Waals surface area contributed by atoms with E-state index in [9.17, 15) is 9.90 Å². The Morgan fingerprint density at radius 3 is 3.00 bits per heavy atom.